The number of phenols is 1. The Morgan fingerprint density at radius 2 is 2.18 bits per heavy atom. The Labute approximate surface area is 126 Å². The van der Waals surface area contributed by atoms with Crippen LogP contribution in [0.2, 0.25) is 0 Å². The van der Waals surface area contributed by atoms with Crippen LogP contribution >= 0.6 is 0 Å². The average Bonchev–Trinajstić information content (AvgIpc) is 2.53. The molecule has 0 aliphatic heterocycles. The van der Waals surface area contributed by atoms with Crippen molar-refractivity contribution in [3.05, 3.63) is 41.6 Å². The topological polar surface area (TPSA) is 113 Å². The second kappa shape index (κ2) is 6.56. The molecule has 0 spiro atoms. The summed E-state index contributed by atoms with van der Waals surface area (Å²) in [5, 5.41) is 27.7. The number of pyridine rings is 1. The highest BCUT2D eigenvalue weighted by Gasteiger charge is 2.15. The van der Waals surface area contributed by atoms with Crippen LogP contribution < -0.4 is 4.74 Å². The zero-order valence-electron chi connectivity index (χ0n) is 11.6. The van der Waals surface area contributed by atoms with E-state index in [9.17, 15) is 15.0 Å². The molecule has 0 radical (unpaired) electrons. The standard InChI is InChI=1S/C15H12N2O5/c1-21-8-22-14-7-17-12(5-11(14)15(19)20)9-2-3-13(18)10(4-9)6-16/h2-5,7,18H,8H2,1H3,(H,19,20). The Morgan fingerprint density at radius 1 is 1.41 bits per heavy atom. The molecule has 7 nitrogen and oxygen atoms in total. The van der Waals surface area contributed by atoms with E-state index in [1.165, 1.54) is 31.5 Å². The first-order chi connectivity index (χ1) is 10.6. The quantitative estimate of drug-likeness (QED) is 0.812. The minimum absolute atomic E-state index is 0.0753. The van der Waals surface area contributed by atoms with Crippen molar-refractivity contribution in [3.8, 4) is 28.8 Å². The predicted molar refractivity (Wildman–Crippen MR) is 75.5 cm³/mol. The van der Waals surface area contributed by atoms with E-state index in [2.05, 4.69) is 4.98 Å². The number of carbonyl (C=O) groups is 1. The van der Waals surface area contributed by atoms with Gasteiger partial charge >= 0.3 is 5.97 Å². The monoisotopic (exact) mass is 300 g/mol. The van der Waals surface area contributed by atoms with Crippen LogP contribution in [0.1, 0.15) is 15.9 Å². The molecular formula is C15H12N2O5. The maximum absolute atomic E-state index is 11.3. The molecule has 0 saturated heterocycles. The minimum Gasteiger partial charge on any atom is -0.507 e. The van der Waals surface area contributed by atoms with Crippen LogP contribution in [0.3, 0.4) is 0 Å². The number of nitriles is 1. The van der Waals surface area contributed by atoms with Crippen LogP contribution in [0.25, 0.3) is 11.3 Å². The van der Waals surface area contributed by atoms with Crippen molar-refractivity contribution in [2.45, 2.75) is 0 Å². The molecule has 0 amide bonds. The molecule has 2 rings (SSSR count). The van der Waals surface area contributed by atoms with Crippen molar-refractivity contribution >= 4 is 5.97 Å². The van der Waals surface area contributed by atoms with Crippen molar-refractivity contribution in [1.29, 1.82) is 5.26 Å². The third kappa shape index (κ3) is 3.13. The number of benzene rings is 1. The molecule has 0 atom stereocenters. The van der Waals surface area contributed by atoms with Gasteiger partial charge in [0.1, 0.15) is 17.4 Å². The summed E-state index contributed by atoms with van der Waals surface area (Å²) in [6, 6.07) is 7.50. The van der Waals surface area contributed by atoms with E-state index in [4.69, 9.17) is 14.7 Å². The highest BCUT2D eigenvalue weighted by molar-refractivity contribution is 5.92. The summed E-state index contributed by atoms with van der Waals surface area (Å²) < 4.78 is 9.88. The van der Waals surface area contributed by atoms with E-state index < -0.39 is 5.97 Å². The summed E-state index contributed by atoms with van der Waals surface area (Å²) in [5.41, 5.74) is 0.860. The zero-order chi connectivity index (χ0) is 16.1. The second-order valence-corrected chi connectivity index (χ2v) is 4.27. The molecule has 22 heavy (non-hydrogen) atoms. The number of carboxylic acid groups (broad SMARTS) is 1. The number of methoxy groups -OCH3 is 1. The number of nitrogens with zero attached hydrogens (tertiary/aromatic N) is 2. The highest BCUT2D eigenvalue weighted by atomic mass is 16.7. The number of hydrogen-bond acceptors (Lipinski definition) is 6. The normalized spacial score (nSPS) is 10.0. The van der Waals surface area contributed by atoms with E-state index in [1.54, 1.807) is 6.07 Å². The lowest BCUT2D eigenvalue weighted by molar-refractivity contribution is 0.0481. The second-order valence-electron chi connectivity index (χ2n) is 4.27. The lowest BCUT2D eigenvalue weighted by Gasteiger charge is -2.09. The fraction of sp³-hybridized carbons (Fsp3) is 0.133. The summed E-state index contributed by atoms with van der Waals surface area (Å²) in [6.45, 7) is -0.0981. The Balaban J connectivity index is 2.47. The Bertz CT molecular complexity index is 752. The molecule has 0 aliphatic rings. The SMILES string of the molecule is COCOc1cnc(-c2ccc(O)c(C#N)c2)cc1C(=O)O. The molecule has 0 aliphatic carbocycles. The maximum atomic E-state index is 11.3. The van der Waals surface area contributed by atoms with Crippen molar-refractivity contribution in [2.24, 2.45) is 0 Å². The fourth-order valence-corrected chi connectivity index (χ4v) is 1.79. The highest BCUT2D eigenvalue weighted by Crippen LogP contribution is 2.27. The molecule has 1 heterocycles. The third-order valence-electron chi connectivity index (χ3n) is 2.84. The number of ether oxygens (including phenoxy) is 2. The molecule has 2 N–H and O–H groups in total. The van der Waals surface area contributed by atoms with Crippen LogP contribution in [0.4, 0.5) is 0 Å². The van der Waals surface area contributed by atoms with Gasteiger partial charge in [-0.25, -0.2) is 4.79 Å². The zero-order valence-corrected chi connectivity index (χ0v) is 11.6. The van der Waals surface area contributed by atoms with Crippen molar-refractivity contribution in [1.82, 2.24) is 4.98 Å². The van der Waals surface area contributed by atoms with Gasteiger partial charge in [-0.15, -0.1) is 0 Å². The first-order valence-electron chi connectivity index (χ1n) is 6.15. The molecule has 0 bridgehead atoms. The van der Waals surface area contributed by atoms with E-state index in [-0.39, 0.29) is 29.4 Å². The summed E-state index contributed by atoms with van der Waals surface area (Å²) in [5.74, 6) is -1.24. The smallest absolute Gasteiger partial charge is 0.339 e. The fourth-order valence-electron chi connectivity index (χ4n) is 1.79. The van der Waals surface area contributed by atoms with Gasteiger partial charge in [0.2, 0.25) is 0 Å². The Morgan fingerprint density at radius 3 is 2.82 bits per heavy atom. The minimum atomic E-state index is -1.17. The van der Waals surface area contributed by atoms with Gasteiger partial charge in [-0.3, -0.25) is 4.98 Å². The van der Waals surface area contributed by atoms with Gasteiger partial charge in [-0.1, -0.05) is 0 Å². The van der Waals surface area contributed by atoms with E-state index in [1.807, 2.05) is 6.07 Å². The van der Waals surface area contributed by atoms with Crippen LogP contribution in [-0.2, 0) is 4.74 Å². The number of rotatable bonds is 5. The molecule has 1 aromatic carbocycles. The van der Waals surface area contributed by atoms with Crippen LogP contribution in [0, 0.1) is 11.3 Å². The number of aromatic carboxylic acids is 1. The number of carboxylic acids is 1. The van der Waals surface area contributed by atoms with Gasteiger partial charge in [0.05, 0.1) is 17.5 Å². The molecule has 1 aromatic heterocycles. The molecule has 0 unspecified atom stereocenters. The molecule has 7 heteroatoms. The van der Waals surface area contributed by atoms with E-state index in [0.717, 1.165) is 0 Å². The lowest BCUT2D eigenvalue weighted by atomic mass is 10.1. The van der Waals surface area contributed by atoms with E-state index in [0.29, 0.717) is 11.3 Å². The first kappa shape index (κ1) is 15.3. The molecule has 0 saturated carbocycles. The van der Waals surface area contributed by atoms with Gasteiger partial charge in [0, 0.05) is 12.7 Å². The van der Waals surface area contributed by atoms with Gasteiger partial charge < -0.3 is 19.7 Å². The van der Waals surface area contributed by atoms with Gasteiger partial charge in [-0.2, -0.15) is 5.26 Å². The number of phenolic OH excluding ortho intramolecular Hbond substituents is 1. The largest absolute Gasteiger partial charge is 0.507 e. The van der Waals surface area contributed by atoms with Crippen LogP contribution in [0.5, 0.6) is 11.5 Å². The number of aromatic hydroxyl groups is 1. The van der Waals surface area contributed by atoms with Crippen molar-refractivity contribution in [3.63, 3.8) is 0 Å². The summed E-state index contributed by atoms with van der Waals surface area (Å²) in [6.07, 6.45) is 1.27. The molecule has 2 aromatic rings. The summed E-state index contributed by atoms with van der Waals surface area (Å²) in [4.78, 5) is 15.4. The Kier molecular flexibility index (Phi) is 4.56. The van der Waals surface area contributed by atoms with E-state index >= 15 is 0 Å². The van der Waals surface area contributed by atoms with Gasteiger partial charge in [-0.05, 0) is 24.3 Å². The molecular weight excluding hydrogens is 288 g/mol. The number of hydrogen-bond donors (Lipinski definition) is 2. The molecule has 112 valence electrons. The first-order valence-corrected chi connectivity index (χ1v) is 6.15. The van der Waals surface area contributed by atoms with Crippen LogP contribution in [-0.4, -0.2) is 35.1 Å². The number of aromatic nitrogens is 1. The van der Waals surface area contributed by atoms with Crippen molar-refractivity contribution < 1.29 is 24.5 Å². The third-order valence-corrected chi connectivity index (χ3v) is 2.84. The van der Waals surface area contributed by atoms with Gasteiger partial charge in [0.25, 0.3) is 0 Å². The predicted octanol–water partition coefficient (Wildman–Crippen LogP) is 2.01. The Hall–Kier alpha value is -3.11. The average molecular weight is 300 g/mol. The summed E-state index contributed by atoms with van der Waals surface area (Å²) >= 11 is 0. The summed E-state index contributed by atoms with van der Waals surface area (Å²) in [7, 11) is 1.42. The van der Waals surface area contributed by atoms with Crippen molar-refractivity contribution in [2.75, 3.05) is 13.9 Å². The van der Waals surface area contributed by atoms with Crippen LogP contribution in [0.15, 0.2) is 30.5 Å². The molecule has 0 fully saturated rings. The lowest BCUT2D eigenvalue weighted by Crippen LogP contribution is -2.06. The van der Waals surface area contributed by atoms with Gasteiger partial charge in [0.15, 0.2) is 12.5 Å². The maximum Gasteiger partial charge on any atom is 0.339 e.